The highest BCUT2D eigenvalue weighted by atomic mass is 16.4. The first-order valence-electron chi connectivity index (χ1n) is 11.9. The Bertz CT molecular complexity index is 886. The molecule has 0 aromatic carbocycles. The number of hydrogen-bond donors (Lipinski definition) is 10. The number of aliphatic carboxylic acids is 2. The first kappa shape index (κ1) is 33.8. The van der Waals surface area contributed by atoms with Gasteiger partial charge < -0.3 is 54.8 Å². The van der Waals surface area contributed by atoms with Gasteiger partial charge in [-0.3, -0.25) is 29.2 Å². The minimum atomic E-state index is -1.55. The van der Waals surface area contributed by atoms with E-state index in [0.717, 1.165) is 0 Å². The van der Waals surface area contributed by atoms with Crippen LogP contribution >= 0.6 is 0 Å². The number of nitrogens with two attached hydrogens (primary N) is 5. The number of amides is 3. The van der Waals surface area contributed by atoms with Crippen molar-refractivity contribution in [3.8, 4) is 0 Å². The average Bonchev–Trinajstić information content (AvgIpc) is 2.80. The van der Waals surface area contributed by atoms with Gasteiger partial charge in [0.25, 0.3) is 0 Å². The summed E-state index contributed by atoms with van der Waals surface area (Å²) in [6, 6.07) is -5.18. The van der Waals surface area contributed by atoms with Crippen LogP contribution in [0, 0.1) is 5.92 Å². The van der Waals surface area contributed by atoms with Crippen LogP contribution in [0.15, 0.2) is 9.98 Å². The molecule has 0 heterocycles. The van der Waals surface area contributed by atoms with E-state index in [1.165, 1.54) is 0 Å². The summed E-state index contributed by atoms with van der Waals surface area (Å²) >= 11 is 0. The average molecular weight is 545 g/mol. The smallest absolute Gasteiger partial charge is 0.326 e. The molecular weight excluding hydrogens is 504 g/mol. The second-order valence-electron chi connectivity index (χ2n) is 8.79. The van der Waals surface area contributed by atoms with Crippen LogP contribution in [0.4, 0.5) is 0 Å². The Hall–Kier alpha value is -4.15. The maximum absolute atomic E-state index is 13.0. The summed E-state index contributed by atoms with van der Waals surface area (Å²) in [5, 5.41) is 25.7. The molecule has 0 aromatic rings. The molecule has 0 aliphatic heterocycles. The van der Waals surface area contributed by atoms with Gasteiger partial charge in [0.05, 0.1) is 12.5 Å². The number of guanidine groups is 2. The van der Waals surface area contributed by atoms with Gasteiger partial charge in [-0.2, -0.15) is 0 Å². The highest BCUT2D eigenvalue weighted by molar-refractivity contribution is 5.95. The molecule has 0 fully saturated rings. The van der Waals surface area contributed by atoms with E-state index in [1.54, 1.807) is 13.8 Å². The van der Waals surface area contributed by atoms with Crippen LogP contribution in [-0.4, -0.2) is 89.0 Å². The van der Waals surface area contributed by atoms with Gasteiger partial charge in [-0.15, -0.1) is 0 Å². The molecule has 0 aliphatic rings. The van der Waals surface area contributed by atoms with E-state index in [4.69, 9.17) is 28.7 Å². The second kappa shape index (κ2) is 17.3. The summed E-state index contributed by atoms with van der Waals surface area (Å²) in [5.74, 6) is -5.93. The Balaban J connectivity index is 5.66. The molecule has 4 unspecified atom stereocenters. The van der Waals surface area contributed by atoms with E-state index in [9.17, 15) is 34.2 Å². The summed E-state index contributed by atoms with van der Waals surface area (Å²) in [6.07, 6.45) is -0.398. The Morgan fingerprint density at radius 2 is 1.13 bits per heavy atom. The monoisotopic (exact) mass is 544 g/mol. The van der Waals surface area contributed by atoms with Crippen molar-refractivity contribution < 1.29 is 34.2 Å². The van der Waals surface area contributed by atoms with Gasteiger partial charge in [-0.25, -0.2) is 4.79 Å². The minimum absolute atomic E-state index is 0.0166. The van der Waals surface area contributed by atoms with Gasteiger partial charge in [-0.05, 0) is 31.6 Å². The Morgan fingerprint density at radius 3 is 1.55 bits per heavy atom. The lowest BCUT2D eigenvalue weighted by atomic mass is 10.0. The fourth-order valence-corrected chi connectivity index (χ4v) is 3.03. The topological polar surface area (TPSA) is 317 Å². The van der Waals surface area contributed by atoms with Crippen LogP contribution in [0.5, 0.6) is 0 Å². The zero-order chi connectivity index (χ0) is 29.4. The lowest BCUT2D eigenvalue weighted by Crippen LogP contribution is -2.58. The van der Waals surface area contributed by atoms with Crippen molar-refractivity contribution in [2.75, 3.05) is 13.1 Å². The van der Waals surface area contributed by atoms with Crippen molar-refractivity contribution in [1.82, 2.24) is 16.0 Å². The number of hydrogen-bond acceptors (Lipinski definition) is 8. The van der Waals surface area contributed by atoms with Gasteiger partial charge in [0, 0.05) is 13.1 Å². The summed E-state index contributed by atoms with van der Waals surface area (Å²) < 4.78 is 0. The third-order valence-corrected chi connectivity index (χ3v) is 5.17. The standard InChI is InChI=1S/C21H40N10O7/c1-10(2)15(22)18(36)31-13(9-14(32)33)17(35)29-11(5-3-7-27-20(23)24)16(34)30-12(19(37)38)6-4-8-28-21(25)26/h10-13,15H,3-9,22H2,1-2H3,(H,29,35)(H,30,34)(H,31,36)(H,32,33)(H,37,38)(H4,23,24,27)(H4,25,26,28). The number of carbonyl (C=O) groups excluding carboxylic acids is 3. The molecular formula is C21H40N10O7. The number of rotatable bonds is 18. The predicted molar refractivity (Wildman–Crippen MR) is 138 cm³/mol. The molecule has 17 nitrogen and oxygen atoms in total. The van der Waals surface area contributed by atoms with E-state index < -0.39 is 60.2 Å². The summed E-state index contributed by atoms with van der Waals surface area (Å²) in [7, 11) is 0. The molecule has 15 N–H and O–H groups in total. The molecule has 0 rings (SSSR count). The van der Waals surface area contributed by atoms with Gasteiger partial charge in [0.2, 0.25) is 17.7 Å². The summed E-state index contributed by atoms with van der Waals surface area (Å²) in [4.78, 5) is 68.7. The van der Waals surface area contributed by atoms with Crippen molar-refractivity contribution in [3.05, 3.63) is 0 Å². The molecule has 0 radical (unpaired) electrons. The predicted octanol–water partition coefficient (Wildman–Crippen LogP) is -3.91. The molecule has 4 atom stereocenters. The van der Waals surface area contributed by atoms with Crippen molar-refractivity contribution in [2.45, 2.75) is 70.1 Å². The third-order valence-electron chi connectivity index (χ3n) is 5.17. The van der Waals surface area contributed by atoms with E-state index in [2.05, 4.69) is 25.9 Å². The van der Waals surface area contributed by atoms with Crippen LogP contribution < -0.4 is 44.6 Å². The minimum Gasteiger partial charge on any atom is -0.481 e. The van der Waals surface area contributed by atoms with Gasteiger partial charge in [-0.1, -0.05) is 13.8 Å². The van der Waals surface area contributed by atoms with E-state index in [-0.39, 0.29) is 56.6 Å². The largest absolute Gasteiger partial charge is 0.481 e. The zero-order valence-electron chi connectivity index (χ0n) is 21.6. The molecule has 0 spiro atoms. The van der Waals surface area contributed by atoms with Crippen molar-refractivity contribution in [1.29, 1.82) is 0 Å². The van der Waals surface area contributed by atoms with Crippen LogP contribution in [0.1, 0.15) is 46.0 Å². The number of carboxylic acids is 2. The van der Waals surface area contributed by atoms with Gasteiger partial charge in [0.15, 0.2) is 11.9 Å². The first-order chi connectivity index (χ1) is 17.6. The van der Waals surface area contributed by atoms with Crippen molar-refractivity contribution in [3.63, 3.8) is 0 Å². The fraction of sp³-hybridized carbons (Fsp3) is 0.667. The molecule has 3 amide bonds. The quantitative estimate of drug-likeness (QED) is 0.0449. The fourth-order valence-electron chi connectivity index (χ4n) is 3.03. The van der Waals surface area contributed by atoms with Crippen LogP contribution in [-0.2, 0) is 24.0 Å². The SMILES string of the molecule is CC(C)C(N)C(=O)NC(CC(=O)O)C(=O)NC(CCCN=C(N)N)C(=O)NC(CCCN=C(N)N)C(=O)O. The highest BCUT2D eigenvalue weighted by Gasteiger charge is 2.31. The molecule has 216 valence electrons. The lowest BCUT2D eigenvalue weighted by molar-refractivity contribution is -0.143. The normalized spacial score (nSPS) is 13.8. The Morgan fingerprint density at radius 1 is 0.711 bits per heavy atom. The lowest BCUT2D eigenvalue weighted by Gasteiger charge is -2.25. The second-order valence-corrected chi connectivity index (χ2v) is 8.79. The van der Waals surface area contributed by atoms with Crippen molar-refractivity contribution in [2.24, 2.45) is 44.6 Å². The number of carbonyl (C=O) groups is 5. The zero-order valence-corrected chi connectivity index (χ0v) is 21.6. The molecule has 17 heteroatoms. The Kier molecular flexibility index (Phi) is 15.4. The van der Waals surface area contributed by atoms with Crippen LogP contribution in [0.25, 0.3) is 0 Å². The number of carboxylic acid groups (broad SMARTS) is 2. The van der Waals surface area contributed by atoms with Crippen LogP contribution in [0.2, 0.25) is 0 Å². The van der Waals surface area contributed by atoms with Gasteiger partial charge in [0.1, 0.15) is 18.1 Å². The highest BCUT2D eigenvalue weighted by Crippen LogP contribution is 2.06. The Labute approximate surface area is 220 Å². The summed E-state index contributed by atoms with van der Waals surface area (Å²) in [6.45, 7) is 3.57. The third kappa shape index (κ3) is 14.4. The van der Waals surface area contributed by atoms with E-state index >= 15 is 0 Å². The van der Waals surface area contributed by atoms with E-state index in [0.29, 0.717) is 0 Å². The molecule has 0 aromatic heterocycles. The maximum atomic E-state index is 13.0. The molecule has 0 aliphatic carbocycles. The molecule has 0 saturated heterocycles. The van der Waals surface area contributed by atoms with Crippen LogP contribution in [0.3, 0.4) is 0 Å². The number of nitrogens with one attached hydrogen (secondary N) is 3. The molecule has 38 heavy (non-hydrogen) atoms. The van der Waals surface area contributed by atoms with E-state index in [1.807, 2.05) is 0 Å². The number of aliphatic imine (C=N–C) groups is 2. The maximum Gasteiger partial charge on any atom is 0.326 e. The molecule has 0 bridgehead atoms. The summed E-state index contributed by atoms with van der Waals surface area (Å²) in [5.41, 5.74) is 26.8. The molecule has 0 saturated carbocycles. The van der Waals surface area contributed by atoms with Gasteiger partial charge >= 0.3 is 11.9 Å². The van der Waals surface area contributed by atoms with Crippen molar-refractivity contribution >= 4 is 41.6 Å². The first-order valence-corrected chi connectivity index (χ1v) is 11.9. The number of nitrogens with zero attached hydrogens (tertiary/aromatic N) is 2.